The number of hydrogen-bond acceptors (Lipinski definition) is 3. The normalized spacial score (nSPS) is 20.9. The summed E-state index contributed by atoms with van der Waals surface area (Å²) in [6.07, 6.45) is 6.45. The maximum atomic E-state index is 12.8. The smallest absolute Gasteiger partial charge is 0.222 e. The molecule has 2 fully saturated rings. The monoisotopic (exact) mass is 433 g/mol. The SMILES string of the molecule is CN1CCC(N(C)C(=O)CC[C@@H]2CCCN(Cc3ccc(-c4ccccc4)cc3)C2)CC1. The predicted octanol–water partition coefficient (Wildman–Crippen LogP) is 4.90. The maximum absolute atomic E-state index is 12.8. The van der Waals surface area contributed by atoms with Crippen LogP contribution in [0.25, 0.3) is 11.1 Å². The average molecular weight is 434 g/mol. The number of benzene rings is 2. The summed E-state index contributed by atoms with van der Waals surface area (Å²) in [5, 5.41) is 0. The lowest BCUT2D eigenvalue weighted by Crippen LogP contribution is -2.44. The van der Waals surface area contributed by atoms with E-state index < -0.39 is 0 Å². The van der Waals surface area contributed by atoms with Crippen molar-refractivity contribution in [3.63, 3.8) is 0 Å². The van der Waals surface area contributed by atoms with Crippen LogP contribution in [0.4, 0.5) is 0 Å². The Balaban J connectivity index is 1.23. The van der Waals surface area contributed by atoms with E-state index in [1.807, 2.05) is 11.9 Å². The Morgan fingerprint density at radius 2 is 1.62 bits per heavy atom. The maximum Gasteiger partial charge on any atom is 0.222 e. The van der Waals surface area contributed by atoms with Crippen LogP contribution in [0, 0.1) is 5.92 Å². The lowest BCUT2D eigenvalue weighted by Gasteiger charge is -2.36. The Bertz CT molecular complexity index is 843. The molecule has 0 spiro atoms. The van der Waals surface area contributed by atoms with Crippen LogP contribution < -0.4 is 0 Å². The first kappa shape index (κ1) is 23.0. The Labute approximate surface area is 194 Å². The molecule has 2 aliphatic heterocycles. The highest BCUT2D eigenvalue weighted by Gasteiger charge is 2.25. The molecular weight excluding hydrogens is 394 g/mol. The van der Waals surface area contributed by atoms with Crippen molar-refractivity contribution in [3.8, 4) is 11.1 Å². The van der Waals surface area contributed by atoms with Crippen LogP contribution in [0.2, 0.25) is 0 Å². The molecule has 0 aromatic heterocycles. The fourth-order valence-corrected chi connectivity index (χ4v) is 5.31. The van der Waals surface area contributed by atoms with E-state index in [1.165, 1.54) is 36.1 Å². The Morgan fingerprint density at radius 1 is 0.938 bits per heavy atom. The molecular formula is C28H39N3O. The van der Waals surface area contributed by atoms with E-state index in [1.54, 1.807) is 0 Å². The third-order valence-electron chi connectivity index (χ3n) is 7.47. The zero-order valence-corrected chi connectivity index (χ0v) is 19.9. The highest BCUT2D eigenvalue weighted by Crippen LogP contribution is 2.25. The lowest BCUT2D eigenvalue weighted by atomic mass is 9.92. The van der Waals surface area contributed by atoms with Gasteiger partial charge in [-0.25, -0.2) is 0 Å². The van der Waals surface area contributed by atoms with Gasteiger partial charge in [0.15, 0.2) is 0 Å². The van der Waals surface area contributed by atoms with Crippen molar-refractivity contribution in [2.75, 3.05) is 40.3 Å². The van der Waals surface area contributed by atoms with E-state index >= 15 is 0 Å². The van der Waals surface area contributed by atoms with Gasteiger partial charge >= 0.3 is 0 Å². The van der Waals surface area contributed by atoms with E-state index in [0.717, 1.165) is 45.4 Å². The zero-order valence-electron chi connectivity index (χ0n) is 19.9. The number of nitrogens with zero attached hydrogens (tertiary/aromatic N) is 3. The summed E-state index contributed by atoms with van der Waals surface area (Å²) in [6.45, 7) is 5.50. The molecule has 0 bridgehead atoms. The van der Waals surface area contributed by atoms with Crippen molar-refractivity contribution in [1.29, 1.82) is 0 Å². The fraction of sp³-hybridized carbons (Fsp3) is 0.536. The van der Waals surface area contributed by atoms with Crippen LogP contribution in [-0.2, 0) is 11.3 Å². The van der Waals surface area contributed by atoms with Crippen molar-refractivity contribution in [2.24, 2.45) is 5.92 Å². The largest absolute Gasteiger partial charge is 0.343 e. The van der Waals surface area contributed by atoms with Crippen LogP contribution in [0.15, 0.2) is 54.6 Å². The molecule has 0 radical (unpaired) electrons. The van der Waals surface area contributed by atoms with E-state index in [-0.39, 0.29) is 0 Å². The van der Waals surface area contributed by atoms with Crippen molar-refractivity contribution in [1.82, 2.24) is 14.7 Å². The number of piperidine rings is 2. The van der Waals surface area contributed by atoms with E-state index in [0.29, 0.717) is 24.3 Å². The summed E-state index contributed by atoms with van der Waals surface area (Å²) in [7, 11) is 4.19. The number of rotatable bonds is 7. The standard InChI is InChI=1S/C28H39N3O/c1-29-19-16-27(17-20-29)30(2)28(32)15-12-23-7-6-18-31(21-23)22-24-10-13-26(14-11-24)25-8-4-3-5-9-25/h3-5,8-11,13-14,23,27H,6-7,12,15-22H2,1-2H3/t23-/m0/s1. The third kappa shape index (κ3) is 6.20. The molecule has 32 heavy (non-hydrogen) atoms. The van der Waals surface area contributed by atoms with E-state index in [2.05, 4.69) is 71.4 Å². The van der Waals surface area contributed by atoms with Gasteiger partial charge < -0.3 is 9.80 Å². The first-order chi connectivity index (χ1) is 15.6. The zero-order chi connectivity index (χ0) is 22.3. The molecule has 0 unspecified atom stereocenters. The van der Waals surface area contributed by atoms with Gasteiger partial charge in [-0.3, -0.25) is 9.69 Å². The number of likely N-dealkylation sites (tertiary alicyclic amines) is 2. The van der Waals surface area contributed by atoms with Crippen LogP contribution >= 0.6 is 0 Å². The van der Waals surface area contributed by atoms with Gasteiger partial charge in [-0.15, -0.1) is 0 Å². The number of carbonyl (C=O) groups excluding carboxylic acids is 1. The van der Waals surface area contributed by atoms with E-state index in [9.17, 15) is 4.79 Å². The van der Waals surface area contributed by atoms with Gasteiger partial charge in [0, 0.05) is 32.6 Å². The molecule has 4 heteroatoms. The van der Waals surface area contributed by atoms with Gasteiger partial charge in [0.05, 0.1) is 0 Å². The van der Waals surface area contributed by atoms with Gasteiger partial charge in [0.1, 0.15) is 0 Å². The second-order valence-corrected chi connectivity index (χ2v) is 9.88. The number of carbonyl (C=O) groups is 1. The molecule has 4 nitrogen and oxygen atoms in total. The average Bonchev–Trinajstić information content (AvgIpc) is 2.84. The molecule has 2 aromatic rings. The van der Waals surface area contributed by atoms with Crippen molar-refractivity contribution < 1.29 is 4.79 Å². The second kappa shape index (κ2) is 11.1. The molecule has 0 aliphatic carbocycles. The summed E-state index contributed by atoms with van der Waals surface area (Å²) in [5.74, 6) is 0.982. The summed E-state index contributed by atoms with van der Waals surface area (Å²) in [4.78, 5) is 19.8. The molecule has 2 aromatic carbocycles. The second-order valence-electron chi connectivity index (χ2n) is 9.88. The molecule has 1 atom stereocenters. The van der Waals surface area contributed by atoms with Gasteiger partial charge in [0.2, 0.25) is 5.91 Å². The van der Waals surface area contributed by atoms with Crippen LogP contribution in [0.3, 0.4) is 0 Å². The minimum Gasteiger partial charge on any atom is -0.343 e. The van der Waals surface area contributed by atoms with Crippen molar-refractivity contribution >= 4 is 5.91 Å². The summed E-state index contributed by atoms with van der Waals surface area (Å²) in [6, 6.07) is 20.0. The van der Waals surface area contributed by atoms with E-state index in [4.69, 9.17) is 0 Å². The lowest BCUT2D eigenvalue weighted by molar-refractivity contribution is -0.133. The predicted molar refractivity (Wildman–Crippen MR) is 132 cm³/mol. The van der Waals surface area contributed by atoms with Crippen LogP contribution in [-0.4, -0.2) is 66.9 Å². The van der Waals surface area contributed by atoms with Crippen LogP contribution in [0.5, 0.6) is 0 Å². The molecule has 0 N–H and O–H groups in total. The summed E-state index contributed by atoms with van der Waals surface area (Å²) in [5.41, 5.74) is 3.92. The number of amides is 1. The molecule has 4 rings (SSSR count). The van der Waals surface area contributed by atoms with Gasteiger partial charge in [-0.1, -0.05) is 54.6 Å². The van der Waals surface area contributed by atoms with Crippen molar-refractivity contribution in [2.45, 2.75) is 51.1 Å². The molecule has 1 amide bonds. The highest BCUT2D eigenvalue weighted by molar-refractivity contribution is 5.76. The van der Waals surface area contributed by atoms with Crippen LogP contribution in [0.1, 0.15) is 44.1 Å². The van der Waals surface area contributed by atoms with Gasteiger partial charge in [0.25, 0.3) is 0 Å². The molecule has 2 saturated heterocycles. The van der Waals surface area contributed by atoms with Gasteiger partial charge in [-0.2, -0.15) is 0 Å². The molecule has 2 aliphatic rings. The topological polar surface area (TPSA) is 26.8 Å². The quantitative estimate of drug-likeness (QED) is 0.621. The molecule has 172 valence electrons. The number of hydrogen-bond donors (Lipinski definition) is 0. The van der Waals surface area contributed by atoms with Gasteiger partial charge in [-0.05, 0) is 81.4 Å². The fourth-order valence-electron chi connectivity index (χ4n) is 5.31. The highest BCUT2D eigenvalue weighted by atomic mass is 16.2. The Morgan fingerprint density at radius 3 is 2.34 bits per heavy atom. The summed E-state index contributed by atoms with van der Waals surface area (Å²) < 4.78 is 0. The first-order valence-electron chi connectivity index (χ1n) is 12.4. The van der Waals surface area contributed by atoms with Crippen molar-refractivity contribution in [3.05, 3.63) is 60.2 Å². The summed E-state index contributed by atoms with van der Waals surface area (Å²) >= 11 is 0. The molecule has 2 heterocycles. The minimum absolute atomic E-state index is 0.341. The third-order valence-corrected chi connectivity index (χ3v) is 7.47. The molecule has 0 saturated carbocycles. The Hall–Kier alpha value is -2.17. The Kier molecular flexibility index (Phi) is 7.99. The first-order valence-corrected chi connectivity index (χ1v) is 12.4. The minimum atomic E-state index is 0.341.